The Morgan fingerprint density at radius 3 is 3.36 bits per heavy atom. The van der Waals surface area contributed by atoms with Gasteiger partial charge in [0.25, 0.3) is 0 Å². The van der Waals surface area contributed by atoms with Crippen molar-refractivity contribution < 1.29 is 9.53 Å². The van der Waals surface area contributed by atoms with E-state index in [0.29, 0.717) is 12.3 Å². The first-order valence-corrected chi connectivity index (χ1v) is 3.64. The third-order valence-electron chi connectivity index (χ3n) is 1.99. The van der Waals surface area contributed by atoms with Crippen molar-refractivity contribution in [2.24, 2.45) is 0 Å². The van der Waals surface area contributed by atoms with Crippen molar-refractivity contribution in [3.8, 4) is 0 Å². The summed E-state index contributed by atoms with van der Waals surface area (Å²) in [5.74, 6) is 0. The first kappa shape index (κ1) is 6.61. The van der Waals surface area contributed by atoms with Gasteiger partial charge in [-0.2, -0.15) is 0 Å². The van der Waals surface area contributed by atoms with Crippen LogP contribution in [0.25, 0.3) is 0 Å². The standard InChI is InChI=1S/C8H9NO2/c10-4-8-7-1-2-11-5-6(7)3-9-8/h3-4,9H,1-2,5H2. The smallest absolute Gasteiger partial charge is 0.166 e. The molecule has 0 saturated carbocycles. The number of aromatic nitrogens is 1. The zero-order chi connectivity index (χ0) is 7.68. The number of ether oxygens (including phenoxy) is 1. The van der Waals surface area contributed by atoms with Crippen LogP contribution in [-0.4, -0.2) is 17.9 Å². The van der Waals surface area contributed by atoms with Gasteiger partial charge in [-0.3, -0.25) is 4.79 Å². The Kier molecular flexibility index (Phi) is 1.51. The lowest BCUT2D eigenvalue weighted by atomic mass is 10.1. The summed E-state index contributed by atoms with van der Waals surface area (Å²) in [6.45, 7) is 1.37. The minimum absolute atomic E-state index is 0.639. The van der Waals surface area contributed by atoms with E-state index < -0.39 is 0 Å². The lowest BCUT2D eigenvalue weighted by molar-refractivity contribution is 0.108. The van der Waals surface area contributed by atoms with E-state index in [1.807, 2.05) is 6.20 Å². The minimum Gasteiger partial charge on any atom is -0.376 e. The fourth-order valence-corrected chi connectivity index (χ4v) is 1.40. The van der Waals surface area contributed by atoms with E-state index >= 15 is 0 Å². The molecular formula is C8H9NO2. The van der Waals surface area contributed by atoms with Crippen molar-refractivity contribution in [2.75, 3.05) is 6.61 Å². The van der Waals surface area contributed by atoms with Gasteiger partial charge in [-0.05, 0) is 17.5 Å². The molecule has 11 heavy (non-hydrogen) atoms. The van der Waals surface area contributed by atoms with Crippen LogP contribution >= 0.6 is 0 Å². The molecule has 3 heteroatoms. The van der Waals surface area contributed by atoms with Gasteiger partial charge in [-0.25, -0.2) is 0 Å². The maximum absolute atomic E-state index is 10.5. The van der Waals surface area contributed by atoms with E-state index in [2.05, 4.69) is 4.98 Å². The minimum atomic E-state index is 0.639. The van der Waals surface area contributed by atoms with Crippen LogP contribution < -0.4 is 0 Å². The molecule has 0 amide bonds. The summed E-state index contributed by atoms with van der Waals surface area (Å²) in [5.41, 5.74) is 2.97. The first-order valence-electron chi connectivity index (χ1n) is 3.64. The zero-order valence-electron chi connectivity index (χ0n) is 6.09. The van der Waals surface area contributed by atoms with E-state index in [0.717, 1.165) is 30.4 Å². The van der Waals surface area contributed by atoms with E-state index in [1.54, 1.807) is 0 Å². The Bertz CT molecular complexity index is 278. The molecule has 0 saturated heterocycles. The second-order valence-electron chi connectivity index (χ2n) is 2.63. The van der Waals surface area contributed by atoms with Gasteiger partial charge in [0.1, 0.15) is 0 Å². The summed E-state index contributed by atoms with van der Waals surface area (Å²) in [6.07, 6.45) is 3.56. The van der Waals surface area contributed by atoms with Crippen molar-refractivity contribution in [3.05, 3.63) is 23.0 Å². The van der Waals surface area contributed by atoms with E-state index in [9.17, 15) is 4.79 Å². The highest BCUT2D eigenvalue weighted by atomic mass is 16.5. The Hall–Kier alpha value is -1.09. The molecule has 1 aromatic heterocycles. The van der Waals surface area contributed by atoms with Crippen LogP contribution in [0.2, 0.25) is 0 Å². The Morgan fingerprint density at radius 2 is 2.55 bits per heavy atom. The van der Waals surface area contributed by atoms with Gasteiger partial charge < -0.3 is 9.72 Å². The average molecular weight is 151 g/mol. The SMILES string of the molecule is O=Cc1[nH]cc2c1CCOC2. The van der Waals surface area contributed by atoms with Gasteiger partial charge in [0, 0.05) is 6.20 Å². The lowest BCUT2D eigenvalue weighted by Crippen LogP contribution is -2.08. The van der Waals surface area contributed by atoms with Gasteiger partial charge >= 0.3 is 0 Å². The van der Waals surface area contributed by atoms with E-state index in [-0.39, 0.29) is 0 Å². The fourth-order valence-electron chi connectivity index (χ4n) is 1.40. The van der Waals surface area contributed by atoms with Gasteiger partial charge in [0.2, 0.25) is 0 Å². The summed E-state index contributed by atoms with van der Waals surface area (Å²) in [5, 5.41) is 0. The third-order valence-corrected chi connectivity index (χ3v) is 1.99. The van der Waals surface area contributed by atoms with Gasteiger partial charge in [-0.1, -0.05) is 0 Å². The Morgan fingerprint density at radius 1 is 1.64 bits per heavy atom. The molecule has 0 aliphatic carbocycles. The van der Waals surface area contributed by atoms with Crippen LogP contribution in [0, 0.1) is 0 Å². The zero-order valence-corrected chi connectivity index (χ0v) is 6.09. The summed E-state index contributed by atoms with van der Waals surface area (Å²) in [7, 11) is 0. The molecule has 0 atom stereocenters. The number of rotatable bonds is 1. The topological polar surface area (TPSA) is 42.1 Å². The molecule has 0 bridgehead atoms. The third kappa shape index (κ3) is 0.973. The number of H-pyrrole nitrogens is 1. The molecule has 1 aliphatic heterocycles. The van der Waals surface area contributed by atoms with Crippen LogP contribution in [0.3, 0.4) is 0 Å². The molecule has 1 N–H and O–H groups in total. The molecule has 58 valence electrons. The fraction of sp³-hybridized carbons (Fsp3) is 0.375. The summed E-state index contributed by atoms with van der Waals surface area (Å²) in [4.78, 5) is 13.4. The molecule has 0 spiro atoms. The molecule has 0 radical (unpaired) electrons. The number of carbonyl (C=O) groups is 1. The van der Waals surface area contributed by atoms with Crippen molar-refractivity contribution in [1.82, 2.24) is 4.98 Å². The summed E-state index contributed by atoms with van der Waals surface area (Å²) >= 11 is 0. The van der Waals surface area contributed by atoms with Crippen LogP contribution in [-0.2, 0) is 17.8 Å². The largest absolute Gasteiger partial charge is 0.376 e. The number of aldehydes is 1. The molecule has 2 rings (SSSR count). The Balaban J connectivity index is 2.45. The maximum atomic E-state index is 10.5. The first-order chi connectivity index (χ1) is 5.42. The molecule has 1 aliphatic rings. The van der Waals surface area contributed by atoms with Crippen molar-refractivity contribution in [3.63, 3.8) is 0 Å². The van der Waals surface area contributed by atoms with Gasteiger partial charge in [0.05, 0.1) is 18.9 Å². The number of carbonyl (C=O) groups excluding carboxylic acids is 1. The molecule has 2 heterocycles. The number of fused-ring (bicyclic) bond motifs is 1. The van der Waals surface area contributed by atoms with E-state index in [1.165, 1.54) is 0 Å². The predicted molar refractivity (Wildman–Crippen MR) is 39.5 cm³/mol. The van der Waals surface area contributed by atoms with Gasteiger partial charge in [0.15, 0.2) is 6.29 Å². The number of hydrogen-bond acceptors (Lipinski definition) is 2. The Labute approximate surface area is 64.4 Å². The second kappa shape index (κ2) is 2.51. The predicted octanol–water partition coefficient (Wildman–Crippen LogP) is 0.900. The van der Waals surface area contributed by atoms with Crippen LogP contribution in [0.5, 0.6) is 0 Å². The highest BCUT2D eigenvalue weighted by molar-refractivity contribution is 5.75. The van der Waals surface area contributed by atoms with Crippen LogP contribution in [0.15, 0.2) is 6.20 Å². The van der Waals surface area contributed by atoms with Crippen LogP contribution in [0.4, 0.5) is 0 Å². The van der Waals surface area contributed by atoms with Gasteiger partial charge in [-0.15, -0.1) is 0 Å². The molecular weight excluding hydrogens is 142 g/mol. The number of aromatic amines is 1. The quantitative estimate of drug-likeness (QED) is 0.606. The normalized spacial score (nSPS) is 16.0. The molecule has 0 fully saturated rings. The summed E-state index contributed by atoms with van der Waals surface area (Å²) in [6, 6.07) is 0. The average Bonchev–Trinajstić information content (AvgIpc) is 2.47. The highest BCUT2D eigenvalue weighted by Gasteiger charge is 2.14. The molecule has 1 aromatic rings. The van der Waals surface area contributed by atoms with Crippen LogP contribution in [0.1, 0.15) is 21.6 Å². The van der Waals surface area contributed by atoms with Crippen molar-refractivity contribution >= 4 is 6.29 Å². The second-order valence-corrected chi connectivity index (χ2v) is 2.63. The molecule has 0 aromatic carbocycles. The summed E-state index contributed by atoms with van der Waals surface area (Å²) < 4.78 is 5.22. The maximum Gasteiger partial charge on any atom is 0.166 e. The highest BCUT2D eigenvalue weighted by Crippen LogP contribution is 2.18. The number of nitrogens with one attached hydrogen (secondary N) is 1. The van der Waals surface area contributed by atoms with Crippen molar-refractivity contribution in [2.45, 2.75) is 13.0 Å². The molecule has 3 nitrogen and oxygen atoms in total. The monoisotopic (exact) mass is 151 g/mol. The lowest BCUT2D eigenvalue weighted by Gasteiger charge is -2.11. The number of hydrogen-bond donors (Lipinski definition) is 1. The van der Waals surface area contributed by atoms with E-state index in [4.69, 9.17) is 4.74 Å². The van der Waals surface area contributed by atoms with Crippen molar-refractivity contribution in [1.29, 1.82) is 0 Å². The molecule has 0 unspecified atom stereocenters.